The first kappa shape index (κ1) is 17.3. The van der Waals surface area contributed by atoms with Crippen LogP contribution in [-0.4, -0.2) is 31.1 Å². The summed E-state index contributed by atoms with van der Waals surface area (Å²) in [6.07, 6.45) is 0.393. The summed E-state index contributed by atoms with van der Waals surface area (Å²) in [4.78, 5) is 13.6. The van der Waals surface area contributed by atoms with E-state index in [0.29, 0.717) is 42.1 Å². The Hall–Kier alpha value is -0.770. The van der Waals surface area contributed by atoms with Crippen molar-refractivity contribution in [3.8, 4) is 0 Å². The lowest BCUT2D eigenvalue weighted by Gasteiger charge is -2.18. The van der Waals surface area contributed by atoms with E-state index in [1.165, 1.54) is 0 Å². The molecule has 0 radical (unpaired) electrons. The number of amides is 1. The fourth-order valence-electron chi connectivity index (χ4n) is 1.67. The van der Waals surface area contributed by atoms with Crippen molar-refractivity contribution in [2.45, 2.75) is 26.8 Å². The Morgan fingerprint density at radius 3 is 2.60 bits per heavy atom. The molecule has 0 bridgehead atoms. The highest BCUT2D eigenvalue weighted by Gasteiger charge is 2.10. The molecule has 1 rings (SSSR count). The van der Waals surface area contributed by atoms with E-state index in [1.807, 2.05) is 6.07 Å². The van der Waals surface area contributed by atoms with E-state index in [-0.39, 0.29) is 5.91 Å². The van der Waals surface area contributed by atoms with Crippen LogP contribution >= 0.6 is 23.2 Å². The van der Waals surface area contributed by atoms with Crippen LogP contribution in [0.3, 0.4) is 0 Å². The number of carbonyl (C=O) groups is 1. The van der Waals surface area contributed by atoms with Crippen LogP contribution in [0, 0.1) is 5.92 Å². The van der Waals surface area contributed by atoms with Gasteiger partial charge in [0.2, 0.25) is 5.91 Å². The smallest absolute Gasteiger partial charge is 0.224 e. The van der Waals surface area contributed by atoms with Crippen LogP contribution in [0.2, 0.25) is 10.0 Å². The van der Waals surface area contributed by atoms with Crippen molar-refractivity contribution in [2.75, 3.05) is 20.3 Å². The Balaban J connectivity index is 2.39. The van der Waals surface area contributed by atoms with Crippen LogP contribution in [0.15, 0.2) is 18.2 Å². The largest absolute Gasteiger partial charge is 0.381 e. The zero-order chi connectivity index (χ0) is 15.1. The second-order valence-electron chi connectivity index (χ2n) is 5.22. The summed E-state index contributed by atoms with van der Waals surface area (Å²) in [5.74, 6) is 0.541. The maximum atomic E-state index is 11.9. The van der Waals surface area contributed by atoms with Crippen LogP contribution in [0.5, 0.6) is 0 Å². The van der Waals surface area contributed by atoms with Gasteiger partial charge < -0.3 is 9.64 Å². The van der Waals surface area contributed by atoms with Gasteiger partial charge in [0.1, 0.15) is 0 Å². The van der Waals surface area contributed by atoms with Crippen molar-refractivity contribution in [1.29, 1.82) is 0 Å². The molecule has 0 heterocycles. The average molecular weight is 318 g/mol. The van der Waals surface area contributed by atoms with Crippen LogP contribution < -0.4 is 0 Å². The Kier molecular flexibility index (Phi) is 7.35. The molecule has 5 heteroatoms. The second-order valence-corrected chi connectivity index (χ2v) is 6.03. The molecule has 0 unspecified atom stereocenters. The molecule has 0 fully saturated rings. The summed E-state index contributed by atoms with van der Waals surface area (Å²) < 4.78 is 5.41. The third-order valence-electron chi connectivity index (χ3n) is 2.74. The summed E-state index contributed by atoms with van der Waals surface area (Å²) in [6.45, 7) is 5.82. The maximum absolute atomic E-state index is 11.9. The van der Waals surface area contributed by atoms with Gasteiger partial charge in [-0.15, -0.1) is 0 Å². The van der Waals surface area contributed by atoms with Crippen LogP contribution in [0.25, 0.3) is 0 Å². The van der Waals surface area contributed by atoms with Crippen LogP contribution in [0.1, 0.15) is 25.8 Å². The Morgan fingerprint density at radius 2 is 2.00 bits per heavy atom. The van der Waals surface area contributed by atoms with E-state index in [0.717, 1.165) is 5.56 Å². The minimum Gasteiger partial charge on any atom is -0.381 e. The molecule has 0 aliphatic heterocycles. The fourth-order valence-corrected chi connectivity index (χ4v) is 1.99. The molecule has 20 heavy (non-hydrogen) atoms. The number of halogens is 2. The maximum Gasteiger partial charge on any atom is 0.224 e. The first-order chi connectivity index (χ1) is 9.40. The number of carbonyl (C=O) groups excluding carboxylic acids is 1. The number of benzene rings is 1. The lowest BCUT2D eigenvalue weighted by molar-refractivity contribution is -0.131. The van der Waals surface area contributed by atoms with Crippen LogP contribution in [0.4, 0.5) is 0 Å². The van der Waals surface area contributed by atoms with Gasteiger partial charge in [0.25, 0.3) is 0 Å². The first-order valence-electron chi connectivity index (χ1n) is 6.65. The van der Waals surface area contributed by atoms with E-state index in [9.17, 15) is 4.79 Å². The van der Waals surface area contributed by atoms with Gasteiger partial charge in [-0.05, 0) is 23.6 Å². The number of hydrogen-bond donors (Lipinski definition) is 0. The van der Waals surface area contributed by atoms with Crippen LogP contribution in [-0.2, 0) is 16.1 Å². The highest BCUT2D eigenvalue weighted by molar-refractivity contribution is 6.42. The van der Waals surface area contributed by atoms with Crippen molar-refractivity contribution in [1.82, 2.24) is 4.90 Å². The molecule has 0 atom stereocenters. The third kappa shape index (κ3) is 6.12. The van der Waals surface area contributed by atoms with E-state index >= 15 is 0 Å². The molecule has 0 spiro atoms. The van der Waals surface area contributed by atoms with Crippen molar-refractivity contribution < 1.29 is 9.53 Å². The van der Waals surface area contributed by atoms with Crippen molar-refractivity contribution in [2.24, 2.45) is 5.92 Å². The standard InChI is InChI=1S/C15H21Cl2NO2/c1-11(2)10-20-7-6-15(19)18(3)9-12-4-5-13(16)14(17)8-12/h4-5,8,11H,6-7,9-10H2,1-3H3. The highest BCUT2D eigenvalue weighted by Crippen LogP contribution is 2.23. The number of ether oxygens (including phenoxy) is 1. The zero-order valence-electron chi connectivity index (χ0n) is 12.2. The summed E-state index contributed by atoms with van der Waals surface area (Å²) in [6, 6.07) is 5.39. The van der Waals surface area contributed by atoms with Gasteiger partial charge in [-0.1, -0.05) is 43.1 Å². The predicted molar refractivity (Wildman–Crippen MR) is 83.2 cm³/mol. The minimum atomic E-state index is 0.0554. The molecule has 112 valence electrons. The fraction of sp³-hybridized carbons (Fsp3) is 0.533. The van der Waals surface area contributed by atoms with Gasteiger partial charge >= 0.3 is 0 Å². The summed E-state index contributed by atoms with van der Waals surface area (Å²) >= 11 is 11.8. The molecular formula is C15H21Cl2NO2. The predicted octanol–water partition coefficient (Wildman–Crippen LogP) is 4.01. The molecule has 1 aromatic rings. The molecule has 1 aromatic carbocycles. The topological polar surface area (TPSA) is 29.5 Å². The number of rotatable bonds is 7. The quantitative estimate of drug-likeness (QED) is 0.711. The van der Waals surface area contributed by atoms with Gasteiger partial charge in [-0.2, -0.15) is 0 Å². The van der Waals surface area contributed by atoms with E-state index in [2.05, 4.69) is 13.8 Å². The normalized spacial score (nSPS) is 10.9. The van der Waals surface area contributed by atoms with Crippen molar-refractivity contribution in [3.63, 3.8) is 0 Å². The van der Waals surface area contributed by atoms with E-state index in [1.54, 1.807) is 24.1 Å². The monoisotopic (exact) mass is 317 g/mol. The molecule has 3 nitrogen and oxygen atoms in total. The minimum absolute atomic E-state index is 0.0554. The lowest BCUT2D eigenvalue weighted by Crippen LogP contribution is -2.27. The average Bonchev–Trinajstić information content (AvgIpc) is 2.38. The Labute approximate surface area is 130 Å². The molecular weight excluding hydrogens is 297 g/mol. The van der Waals surface area contributed by atoms with Gasteiger partial charge in [0.15, 0.2) is 0 Å². The summed E-state index contributed by atoms with van der Waals surface area (Å²) in [7, 11) is 1.77. The molecule has 0 saturated carbocycles. The zero-order valence-corrected chi connectivity index (χ0v) is 13.7. The van der Waals surface area contributed by atoms with Gasteiger partial charge in [0, 0.05) is 20.2 Å². The summed E-state index contributed by atoms with van der Waals surface area (Å²) in [5.41, 5.74) is 0.957. The Bertz CT molecular complexity index is 449. The summed E-state index contributed by atoms with van der Waals surface area (Å²) in [5, 5.41) is 1.02. The third-order valence-corrected chi connectivity index (χ3v) is 3.48. The molecule has 0 aliphatic rings. The molecule has 0 aromatic heterocycles. The highest BCUT2D eigenvalue weighted by atomic mass is 35.5. The molecule has 0 N–H and O–H groups in total. The number of nitrogens with zero attached hydrogens (tertiary/aromatic N) is 1. The second kappa shape index (κ2) is 8.50. The van der Waals surface area contributed by atoms with Gasteiger partial charge in [-0.3, -0.25) is 4.79 Å². The first-order valence-corrected chi connectivity index (χ1v) is 7.41. The lowest BCUT2D eigenvalue weighted by atomic mass is 10.2. The molecule has 0 aliphatic carbocycles. The number of hydrogen-bond acceptors (Lipinski definition) is 2. The van der Waals surface area contributed by atoms with E-state index < -0.39 is 0 Å². The molecule has 1 amide bonds. The Morgan fingerprint density at radius 1 is 1.30 bits per heavy atom. The van der Waals surface area contributed by atoms with Gasteiger partial charge in [-0.25, -0.2) is 0 Å². The van der Waals surface area contributed by atoms with E-state index in [4.69, 9.17) is 27.9 Å². The van der Waals surface area contributed by atoms with Crippen molar-refractivity contribution >= 4 is 29.1 Å². The van der Waals surface area contributed by atoms with Crippen molar-refractivity contribution in [3.05, 3.63) is 33.8 Å². The molecule has 0 saturated heterocycles. The van der Waals surface area contributed by atoms with Gasteiger partial charge in [0.05, 0.1) is 23.1 Å². The SMILES string of the molecule is CC(C)COCCC(=O)N(C)Cc1ccc(Cl)c(Cl)c1.